The van der Waals surface area contributed by atoms with Gasteiger partial charge in [0.15, 0.2) is 5.82 Å². The van der Waals surface area contributed by atoms with E-state index in [0.717, 1.165) is 5.56 Å². The maximum Gasteiger partial charge on any atom is 0.341 e. The van der Waals surface area contributed by atoms with E-state index in [0.29, 0.717) is 11.6 Å². The molecule has 2 N–H and O–H groups in total. The number of anilines is 1. The molecule has 0 saturated carbocycles. The fourth-order valence-electron chi connectivity index (χ4n) is 1.99. The van der Waals surface area contributed by atoms with Crippen molar-refractivity contribution in [1.29, 1.82) is 0 Å². The second-order valence-corrected chi connectivity index (χ2v) is 5.84. The van der Waals surface area contributed by atoms with Crippen LogP contribution in [0.15, 0.2) is 30.5 Å². The highest BCUT2D eigenvalue weighted by Crippen LogP contribution is 2.25. The van der Waals surface area contributed by atoms with Gasteiger partial charge in [-0.25, -0.2) is 14.8 Å². The molecule has 0 fully saturated rings. The molecule has 21 heavy (non-hydrogen) atoms. The number of nitrogens with one attached hydrogen (secondary N) is 1. The second kappa shape index (κ2) is 5.52. The van der Waals surface area contributed by atoms with Crippen molar-refractivity contribution in [2.45, 2.75) is 26.2 Å². The lowest BCUT2D eigenvalue weighted by molar-refractivity contribution is 0.0697. The first kappa shape index (κ1) is 15.0. The molecule has 0 radical (unpaired) electrons. The number of carboxylic acids is 1. The molecule has 5 heteroatoms. The Balaban J connectivity index is 2.41. The second-order valence-electron chi connectivity index (χ2n) is 5.84. The molecule has 1 aromatic heterocycles. The fraction of sp³-hybridized carbons (Fsp3) is 0.312. The van der Waals surface area contributed by atoms with E-state index in [1.165, 1.54) is 11.8 Å². The molecule has 2 rings (SSSR count). The van der Waals surface area contributed by atoms with Crippen LogP contribution in [0.3, 0.4) is 0 Å². The lowest BCUT2D eigenvalue weighted by atomic mass is 9.87. The largest absolute Gasteiger partial charge is 0.477 e. The molecule has 0 amide bonds. The monoisotopic (exact) mass is 285 g/mol. The van der Waals surface area contributed by atoms with Crippen molar-refractivity contribution in [1.82, 2.24) is 9.97 Å². The summed E-state index contributed by atoms with van der Waals surface area (Å²) >= 11 is 0. The van der Waals surface area contributed by atoms with Crippen LogP contribution in [0.4, 0.5) is 5.82 Å². The zero-order valence-electron chi connectivity index (χ0n) is 12.6. The molecule has 0 aliphatic rings. The molecule has 0 aliphatic carbocycles. The van der Waals surface area contributed by atoms with Gasteiger partial charge >= 0.3 is 5.97 Å². The van der Waals surface area contributed by atoms with E-state index in [1.807, 2.05) is 24.3 Å². The lowest BCUT2D eigenvalue weighted by Gasteiger charge is -2.19. The Bertz CT molecular complexity index is 658. The Morgan fingerprint density at radius 2 is 1.81 bits per heavy atom. The van der Waals surface area contributed by atoms with Crippen LogP contribution >= 0.6 is 0 Å². The summed E-state index contributed by atoms with van der Waals surface area (Å²) in [5.41, 5.74) is 2.23. The first-order valence-electron chi connectivity index (χ1n) is 6.72. The van der Waals surface area contributed by atoms with Gasteiger partial charge in [-0.3, -0.25) is 0 Å². The smallest absolute Gasteiger partial charge is 0.341 e. The number of hydrogen-bond donors (Lipinski definition) is 2. The summed E-state index contributed by atoms with van der Waals surface area (Å²) in [6.07, 6.45) is 1.33. The maximum atomic E-state index is 11.1. The topological polar surface area (TPSA) is 75.1 Å². The average molecular weight is 285 g/mol. The van der Waals surface area contributed by atoms with Gasteiger partial charge in [0, 0.05) is 18.8 Å². The summed E-state index contributed by atoms with van der Waals surface area (Å²) < 4.78 is 0. The molecule has 0 unspecified atom stereocenters. The number of carbonyl (C=O) groups is 1. The van der Waals surface area contributed by atoms with Gasteiger partial charge in [0.2, 0.25) is 0 Å². The van der Waals surface area contributed by atoms with Crippen molar-refractivity contribution in [3.05, 3.63) is 41.6 Å². The quantitative estimate of drug-likeness (QED) is 0.906. The predicted octanol–water partition coefficient (Wildman–Crippen LogP) is 3.18. The van der Waals surface area contributed by atoms with Crippen molar-refractivity contribution in [3.8, 4) is 11.4 Å². The average Bonchev–Trinajstić information content (AvgIpc) is 2.45. The fourth-order valence-corrected chi connectivity index (χ4v) is 1.99. The summed E-state index contributed by atoms with van der Waals surface area (Å²) in [5.74, 6) is -0.230. The summed E-state index contributed by atoms with van der Waals surface area (Å²) in [4.78, 5) is 19.5. The summed E-state index contributed by atoms with van der Waals surface area (Å²) in [6.45, 7) is 6.46. The highest BCUT2D eigenvalue weighted by molar-refractivity contribution is 5.93. The van der Waals surface area contributed by atoms with Gasteiger partial charge in [-0.05, 0) is 11.0 Å². The Labute approximate surface area is 124 Å². The molecule has 0 bridgehead atoms. The Kier molecular flexibility index (Phi) is 3.93. The SMILES string of the molecule is CNc1nc(-c2ccc(C(C)(C)C)cc2)ncc1C(=O)O. The van der Waals surface area contributed by atoms with Crippen LogP contribution in [0.5, 0.6) is 0 Å². The van der Waals surface area contributed by atoms with Gasteiger partial charge in [-0.2, -0.15) is 0 Å². The van der Waals surface area contributed by atoms with Crippen LogP contribution in [0.1, 0.15) is 36.7 Å². The van der Waals surface area contributed by atoms with Crippen LogP contribution in [-0.4, -0.2) is 28.1 Å². The van der Waals surface area contributed by atoms with E-state index in [2.05, 4.69) is 36.1 Å². The first-order chi connectivity index (χ1) is 9.82. The Hall–Kier alpha value is -2.43. The van der Waals surface area contributed by atoms with Gasteiger partial charge in [-0.15, -0.1) is 0 Å². The molecule has 5 nitrogen and oxygen atoms in total. The molecular weight excluding hydrogens is 266 g/mol. The summed E-state index contributed by atoms with van der Waals surface area (Å²) in [5, 5.41) is 11.9. The molecule has 0 atom stereocenters. The van der Waals surface area contributed by atoms with E-state index in [4.69, 9.17) is 5.11 Å². The van der Waals surface area contributed by atoms with Gasteiger partial charge in [-0.1, -0.05) is 45.0 Å². The number of rotatable bonds is 3. The van der Waals surface area contributed by atoms with E-state index < -0.39 is 5.97 Å². The summed E-state index contributed by atoms with van der Waals surface area (Å²) in [6, 6.07) is 8.00. The van der Waals surface area contributed by atoms with Crippen LogP contribution in [0.2, 0.25) is 0 Å². The number of benzene rings is 1. The molecular formula is C16H19N3O2. The number of hydrogen-bond acceptors (Lipinski definition) is 4. The zero-order chi connectivity index (χ0) is 15.6. The molecule has 0 saturated heterocycles. The van der Waals surface area contributed by atoms with Crippen LogP contribution in [-0.2, 0) is 5.41 Å². The minimum atomic E-state index is -1.05. The zero-order valence-corrected chi connectivity index (χ0v) is 12.6. The summed E-state index contributed by atoms with van der Waals surface area (Å²) in [7, 11) is 1.64. The standard InChI is InChI=1S/C16H19N3O2/c1-16(2,3)11-7-5-10(6-8-11)13-18-9-12(15(20)21)14(17-4)19-13/h5-9H,1-4H3,(H,20,21)(H,17,18,19). The Morgan fingerprint density at radius 1 is 1.19 bits per heavy atom. The molecule has 1 aromatic carbocycles. The maximum absolute atomic E-state index is 11.1. The van der Waals surface area contributed by atoms with Gasteiger partial charge in [0.05, 0.1) is 0 Å². The van der Waals surface area contributed by atoms with E-state index in [9.17, 15) is 4.79 Å². The number of carboxylic acid groups (broad SMARTS) is 1. The number of aromatic nitrogens is 2. The van der Waals surface area contributed by atoms with Crippen LogP contribution in [0, 0.1) is 0 Å². The minimum Gasteiger partial charge on any atom is -0.477 e. The van der Waals surface area contributed by atoms with Crippen molar-refractivity contribution in [2.75, 3.05) is 12.4 Å². The molecule has 0 spiro atoms. The molecule has 2 aromatic rings. The van der Waals surface area contributed by atoms with Crippen molar-refractivity contribution in [3.63, 3.8) is 0 Å². The molecule has 110 valence electrons. The third-order valence-corrected chi connectivity index (χ3v) is 3.27. The lowest BCUT2D eigenvalue weighted by Crippen LogP contribution is -2.10. The van der Waals surface area contributed by atoms with Gasteiger partial charge < -0.3 is 10.4 Å². The normalized spacial score (nSPS) is 11.2. The van der Waals surface area contributed by atoms with Crippen molar-refractivity contribution in [2.24, 2.45) is 0 Å². The Morgan fingerprint density at radius 3 is 2.29 bits per heavy atom. The minimum absolute atomic E-state index is 0.0626. The van der Waals surface area contributed by atoms with Gasteiger partial charge in [0.1, 0.15) is 11.4 Å². The van der Waals surface area contributed by atoms with Crippen LogP contribution in [0.25, 0.3) is 11.4 Å². The van der Waals surface area contributed by atoms with E-state index in [1.54, 1.807) is 7.05 Å². The third-order valence-electron chi connectivity index (χ3n) is 3.27. The van der Waals surface area contributed by atoms with E-state index >= 15 is 0 Å². The third kappa shape index (κ3) is 3.18. The van der Waals surface area contributed by atoms with Crippen molar-refractivity contribution >= 4 is 11.8 Å². The van der Waals surface area contributed by atoms with E-state index in [-0.39, 0.29) is 11.0 Å². The van der Waals surface area contributed by atoms with Gasteiger partial charge in [0.25, 0.3) is 0 Å². The predicted molar refractivity (Wildman–Crippen MR) is 82.7 cm³/mol. The van der Waals surface area contributed by atoms with Crippen LogP contribution < -0.4 is 5.32 Å². The highest BCUT2D eigenvalue weighted by atomic mass is 16.4. The van der Waals surface area contributed by atoms with Crippen molar-refractivity contribution < 1.29 is 9.90 Å². The molecule has 0 aliphatic heterocycles. The number of aromatic carboxylic acids is 1. The number of nitrogens with zero attached hydrogens (tertiary/aromatic N) is 2. The highest BCUT2D eigenvalue weighted by Gasteiger charge is 2.15. The first-order valence-corrected chi connectivity index (χ1v) is 6.72. The molecule has 1 heterocycles.